The van der Waals surface area contributed by atoms with Crippen LogP contribution in [0.4, 0.5) is 5.69 Å². The van der Waals surface area contributed by atoms with Crippen molar-refractivity contribution in [2.45, 2.75) is 18.9 Å². The molecule has 2 N–H and O–H groups in total. The number of aromatic nitrogens is 3. The van der Waals surface area contributed by atoms with Gasteiger partial charge in [-0.2, -0.15) is 0 Å². The Kier molecular flexibility index (Phi) is 2.47. The van der Waals surface area contributed by atoms with Crippen LogP contribution in [0, 0.1) is 0 Å². The lowest BCUT2D eigenvalue weighted by Gasteiger charge is -2.08. The number of fused-ring (bicyclic) bond motifs is 1. The number of nitrogen functional groups attached to an aromatic ring is 1. The number of pyridine rings is 1. The maximum absolute atomic E-state index is 6.11. The summed E-state index contributed by atoms with van der Waals surface area (Å²) in [6.07, 6.45) is 4.15. The molecule has 3 aromatic rings. The summed E-state index contributed by atoms with van der Waals surface area (Å²) in [5.41, 5.74) is 9.33. The molecule has 0 bridgehead atoms. The second-order valence-corrected chi connectivity index (χ2v) is 5.59. The zero-order chi connectivity index (χ0) is 13.7. The van der Waals surface area contributed by atoms with Crippen molar-refractivity contribution < 1.29 is 0 Å². The molecular formula is C15H13ClN4. The van der Waals surface area contributed by atoms with Crippen molar-refractivity contribution in [3.05, 3.63) is 41.6 Å². The van der Waals surface area contributed by atoms with Crippen molar-refractivity contribution >= 4 is 28.5 Å². The van der Waals surface area contributed by atoms with Crippen molar-refractivity contribution in [1.82, 2.24) is 14.5 Å². The minimum atomic E-state index is 0.491. The molecule has 0 atom stereocenters. The molecule has 20 heavy (non-hydrogen) atoms. The van der Waals surface area contributed by atoms with Gasteiger partial charge in [0.2, 0.25) is 0 Å². The Morgan fingerprint density at radius 2 is 2.10 bits per heavy atom. The molecule has 100 valence electrons. The van der Waals surface area contributed by atoms with Crippen molar-refractivity contribution in [2.24, 2.45) is 0 Å². The Hall–Kier alpha value is -2.07. The molecule has 1 fully saturated rings. The number of rotatable bonds is 2. The number of benzene rings is 1. The molecule has 0 amide bonds. The highest BCUT2D eigenvalue weighted by molar-refractivity contribution is 6.31. The minimum absolute atomic E-state index is 0.491. The van der Waals surface area contributed by atoms with E-state index in [0.29, 0.717) is 16.8 Å². The summed E-state index contributed by atoms with van der Waals surface area (Å²) in [7, 11) is 0. The summed E-state index contributed by atoms with van der Waals surface area (Å²) in [6.45, 7) is 0. The van der Waals surface area contributed by atoms with Crippen LogP contribution >= 0.6 is 11.6 Å². The first-order chi connectivity index (χ1) is 9.72. The van der Waals surface area contributed by atoms with E-state index < -0.39 is 0 Å². The first-order valence-electron chi connectivity index (χ1n) is 6.62. The van der Waals surface area contributed by atoms with Crippen molar-refractivity contribution in [2.75, 3.05) is 5.73 Å². The van der Waals surface area contributed by atoms with Gasteiger partial charge >= 0.3 is 0 Å². The third-order valence-electron chi connectivity index (χ3n) is 3.54. The fourth-order valence-corrected chi connectivity index (χ4v) is 2.80. The SMILES string of the molecule is Nc1cc(Cl)cc(-c2nc3cccnc3n2C2CC2)c1. The molecule has 4 nitrogen and oxygen atoms in total. The maximum atomic E-state index is 6.11. The second-order valence-electron chi connectivity index (χ2n) is 5.16. The molecule has 4 rings (SSSR count). The smallest absolute Gasteiger partial charge is 0.160 e. The summed E-state index contributed by atoms with van der Waals surface area (Å²) in [6, 6.07) is 9.93. The monoisotopic (exact) mass is 284 g/mol. The van der Waals surface area contributed by atoms with Gasteiger partial charge in [0.1, 0.15) is 11.3 Å². The van der Waals surface area contributed by atoms with E-state index in [-0.39, 0.29) is 0 Å². The van der Waals surface area contributed by atoms with Crippen LogP contribution in [0.2, 0.25) is 5.02 Å². The summed E-state index contributed by atoms with van der Waals surface area (Å²) in [5.74, 6) is 0.899. The lowest BCUT2D eigenvalue weighted by Crippen LogP contribution is -1.99. The van der Waals surface area contributed by atoms with Crippen LogP contribution in [-0.4, -0.2) is 14.5 Å². The summed E-state index contributed by atoms with van der Waals surface area (Å²) >= 11 is 6.11. The van der Waals surface area contributed by atoms with Gasteiger partial charge in [-0.15, -0.1) is 0 Å². The average molecular weight is 285 g/mol. The van der Waals surface area contributed by atoms with E-state index in [2.05, 4.69) is 9.55 Å². The van der Waals surface area contributed by atoms with Crippen LogP contribution in [0.15, 0.2) is 36.5 Å². The van der Waals surface area contributed by atoms with Crippen molar-refractivity contribution in [3.8, 4) is 11.4 Å². The number of imidazole rings is 1. The third kappa shape index (κ3) is 1.84. The molecule has 0 radical (unpaired) electrons. The molecule has 2 heterocycles. The molecule has 1 aliphatic carbocycles. The number of halogens is 1. The van der Waals surface area contributed by atoms with Crippen LogP contribution in [0.25, 0.3) is 22.6 Å². The van der Waals surface area contributed by atoms with Gasteiger partial charge in [0.25, 0.3) is 0 Å². The van der Waals surface area contributed by atoms with Crippen molar-refractivity contribution in [1.29, 1.82) is 0 Å². The van der Waals surface area contributed by atoms with E-state index >= 15 is 0 Å². The Bertz CT molecular complexity index is 784. The summed E-state index contributed by atoms with van der Waals surface area (Å²) < 4.78 is 2.21. The van der Waals surface area contributed by atoms with E-state index in [1.807, 2.05) is 24.3 Å². The first-order valence-corrected chi connectivity index (χ1v) is 6.99. The van der Waals surface area contributed by atoms with Gasteiger partial charge in [-0.3, -0.25) is 0 Å². The molecular weight excluding hydrogens is 272 g/mol. The standard InChI is InChI=1S/C15H13ClN4/c16-10-6-9(7-11(17)8-10)14-19-13-2-1-5-18-15(13)20(14)12-3-4-12/h1-2,5-8,12H,3-4,17H2. The predicted molar refractivity (Wildman–Crippen MR) is 80.7 cm³/mol. The van der Waals surface area contributed by atoms with Crippen LogP contribution in [-0.2, 0) is 0 Å². The molecule has 0 saturated heterocycles. The van der Waals surface area contributed by atoms with E-state index in [0.717, 1.165) is 22.6 Å². The summed E-state index contributed by atoms with van der Waals surface area (Å²) in [4.78, 5) is 9.18. The molecule has 1 aromatic carbocycles. The Balaban J connectivity index is 2.01. The lowest BCUT2D eigenvalue weighted by atomic mass is 10.2. The Morgan fingerprint density at radius 3 is 2.85 bits per heavy atom. The van der Waals surface area contributed by atoms with E-state index in [9.17, 15) is 0 Å². The quantitative estimate of drug-likeness (QED) is 0.731. The molecule has 1 saturated carbocycles. The molecule has 1 aliphatic rings. The molecule has 0 aliphatic heterocycles. The zero-order valence-electron chi connectivity index (χ0n) is 10.8. The van der Waals surface area contributed by atoms with Crippen LogP contribution < -0.4 is 5.73 Å². The van der Waals surface area contributed by atoms with Gasteiger partial charge in [0.15, 0.2) is 5.65 Å². The van der Waals surface area contributed by atoms with Crippen LogP contribution in [0.3, 0.4) is 0 Å². The van der Waals surface area contributed by atoms with Crippen molar-refractivity contribution in [3.63, 3.8) is 0 Å². The van der Waals surface area contributed by atoms with Gasteiger partial charge < -0.3 is 10.3 Å². The van der Waals surface area contributed by atoms with Crippen LogP contribution in [0.1, 0.15) is 18.9 Å². The zero-order valence-corrected chi connectivity index (χ0v) is 11.5. The topological polar surface area (TPSA) is 56.7 Å². The lowest BCUT2D eigenvalue weighted by molar-refractivity contribution is 0.766. The Morgan fingerprint density at radius 1 is 1.25 bits per heavy atom. The number of hydrogen-bond donors (Lipinski definition) is 1. The number of nitrogens with zero attached hydrogens (tertiary/aromatic N) is 3. The van der Waals surface area contributed by atoms with Gasteiger partial charge in [-0.05, 0) is 43.2 Å². The highest BCUT2D eigenvalue weighted by Gasteiger charge is 2.29. The van der Waals surface area contributed by atoms with Gasteiger partial charge in [0.05, 0.1) is 0 Å². The normalized spacial score (nSPS) is 14.8. The molecule has 0 unspecified atom stereocenters. The van der Waals surface area contributed by atoms with Gasteiger partial charge in [0, 0.05) is 28.5 Å². The molecule has 0 spiro atoms. The van der Waals surface area contributed by atoms with E-state index in [1.54, 1.807) is 12.3 Å². The van der Waals surface area contributed by atoms with Gasteiger partial charge in [-0.25, -0.2) is 9.97 Å². The largest absolute Gasteiger partial charge is 0.399 e. The van der Waals surface area contributed by atoms with E-state index in [1.165, 1.54) is 12.8 Å². The first kappa shape index (κ1) is 11.7. The number of hydrogen-bond acceptors (Lipinski definition) is 3. The highest BCUT2D eigenvalue weighted by atomic mass is 35.5. The minimum Gasteiger partial charge on any atom is -0.399 e. The third-order valence-corrected chi connectivity index (χ3v) is 3.76. The number of nitrogens with two attached hydrogens (primary N) is 1. The molecule has 5 heteroatoms. The maximum Gasteiger partial charge on any atom is 0.160 e. The van der Waals surface area contributed by atoms with Gasteiger partial charge in [-0.1, -0.05) is 11.6 Å². The highest BCUT2D eigenvalue weighted by Crippen LogP contribution is 2.41. The predicted octanol–water partition coefficient (Wildman–Crippen LogP) is 3.67. The average Bonchev–Trinajstić information content (AvgIpc) is 3.17. The van der Waals surface area contributed by atoms with Crippen LogP contribution in [0.5, 0.6) is 0 Å². The Labute approximate surface area is 121 Å². The molecule has 2 aromatic heterocycles. The van der Waals surface area contributed by atoms with E-state index in [4.69, 9.17) is 22.3 Å². The summed E-state index contributed by atoms with van der Waals surface area (Å²) in [5, 5.41) is 0.627. The fourth-order valence-electron chi connectivity index (χ4n) is 2.55. The second kappa shape index (κ2) is 4.21. The number of anilines is 1. The fraction of sp³-hybridized carbons (Fsp3) is 0.200.